The van der Waals surface area contributed by atoms with E-state index < -0.39 is 17.7 Å². The molecule has 2 aromatic heterocycles. The third-order valence-electron chi connectivity index (χ3n) is 5.05. The van der Waals surface area contributed by atoms with Crippen LogP contribution in [0.4, 0.5) is 25.1 Å². The Balaban J connectivity index is 1.72. The Morgan fingerprint density at radius 2 is 1.81 bits per heavy atom. The second-order valence-electron chi connectivity index (χ2n) is 6.83. The third kappa shape index (κ3) is 3.56. The lowest BCUT2D eigenvalue weighted by atomic mass is 10.0. The molecule has 3 N–H and O–H groups in total. The number of carbonyl (C=O) groups is 1. The van der Waals surface area contributed by atoms with E-state index in [1.807, 2.05) is 0 Å². The Bertz CT molecular complexity index is 1130. The van der Waals surface area contributed by atoms with Crippen LogP contribution in [0.15, 0.2) is 36.8 Å². The lowest BCUT2D eigenvalue weighted by Crippen LogP contribution is -2.39. The molecule has 10 heteroatoms. The molecular weight excluding hydrogens is 408 g/mol. The van der Waals surface area contributed by atoms with Crippen molar-refractivity contribution in [2.45, 2.75) is 13.1 Å². The van der Waals surface area contributed by atoms with Gasteiger partial charge in [0.2, 0.25) is 0 Å². The van der Waals surface area contributed by atoms with Crippen molar-refractivity contribution < 1.29 is 23.0 Å². The molecule has 0 spiro atoms. The van der Waals surface area contributed by atoms with Gasteiger partial charge in [-0.05, 0) is 17.7 Å². The van der Waals surface area contributed by atoms with Gasteiger partial charge >= 0.3 is 6.03 Å². The number of nitrogens with two attached hydrogens (primary N) is 1. The number of nitrogens with zero attached hydrogens (tertiary/aromatic N) is 3. The number of ether oxygens (including phenoxy) is 2. The molecular formula is C21H19F2N5O3. The molecule has 1 aromatic carbocycles. The lowest BCUT2D eigenvalue weighted by Gasteiger charge is -2.31. The molecule has 4 rings (SSSR count). The average molecular weight is 427 g/mol. The number of amides is 2. The van der Waals surface area contributed by atoms with Crippen molar-refractivity contribution in [1.82, 2.24) is 14.9 Å². The minimum absolute atomic E-state index is 0.0743. The molecule has 0 radical (unpaired) electrons. The first-order valence-corrected chi connectivity index (χ1v) is 9.27. The van der Waals surface area contributed by atoms with Crippen molar-refractivity contribution in [3.8, 4) is 22.6 Å². The van der Waals surface area contributed by atoms with Crippen molar-refractivity contribution in [2.75, 3.05) is 25.3 Å². The first-order chi connectivity index (χ1) is 14.9. The molecule has 1 aliphatic heterocycles. The lowest BCUT2D eigenvalue weighted by molar-refractivity contribution is 0.201. The number of fused-ring (bicyclic) bond motifs is 1. The van der Waals surface area contributed by atoms with E-state index in [0.717, 1.165) is 11.6 Å². The van der Waals surface area contributed by atoms with Crippen molar-refractivity contribution in [3.05, 3.63) is 59.6 Å². The number of hydrogen-bond acceptors (Lipinski definition) is 6. The highest BCUT2D eigenvalue weighted by molar-refractivity contribution is 6.00. The highest BCUT2D eigenvalue weighted by Gasteiger charge is 2.30. The zero-order valence-corrected chi connectivity index (χ0v) is 16.8. The molecule has 0 aliphatic carbocycles. The Hall–Kier alpha value is -3.95. The number of nitrogens with one attached hydrogen (secondary N) is 1. The minimum atomic E-state index is -0.896. The van der Waals surface area contributed by atoms with E-state index in [4.69, 9.17) is 15.2 Å². The molecule has 31 heavy (non-hydrogen) atoms. The maximum atomic E-state index is 14.8. The van der Waals surface area contributed by atoms with Crippen LogP contribution in [0.2, 0.25) is 0 Å². The van der Waals surface area contributed by atoms with Gasteiger partial charge in [0.1, 0.15) is 5.82 Å². The van der Waals surface area contributed by atoms with Gasteiger partial charge in [0.05, 0.1) is 38.6 Å². The minimum Gasteiger partial charge on any atom is -0.494 e. The smallest absolute Gasteiger partial charge is 0.322 e. The molecule has 0 saturated heterocycles. The number of carbonyl (C=O) groups excluding carboxylic acids is 1. The third-order valence-corrected chi connectivity index (χ3v) is 5.05. The van der Waals surface area contributed by atoms with Crippen LogP contribution in [0.1, 0.15) is 11.1 Å². The van der Waals surface area contributed by atoms with Crippen LogP contribution in [-0.4, -0.2) is 35.1 Å². The number of halogens is 2. The maximum Gasteiger partial charge on any atom is 0.322 e. The number of pyridine rings is 2. The molecule has 0 bridgehead atoms. The molecule has 0 unspecified atom stereocenters. The van der Waals surface area contributed by atoms with Crippen LogP contribution in [0.5, 0.6) is 11.5 Å². The summed E-state index contributed by atoms with van der Waals surface area (Å²) in [4.78, 5) is 22.3. The van der Waals surface area contributed by atoms with Gasteiger partial charge in [-0.2, -0.15) is 0 Å². The van der Waals surface area contributed by atoms with Crippen LogP contribution in [-0.2, 0) is 13.1 Å². The Morgan fingerprint density at radius 1 is 1.16 bits per heavy atom. The van der Waals surface area contributed by atoms with E-state index >= 15 is 0 Å². The maximum absolute atomic E-state index is 14.8. The van der Waals surface area contributed by atoms with Gasteiger partial charge in [-0.25, -0.2) is 18.6 Å². The largest absolute Gasteiger partial charge is 0.494 e. The quantitative estimate of drug-likeness (QED) is 0.645. The summed E-state index contributed by atoms with van der Waals surface area (Å²) in [7, 11) is 2.53. The molecule has 0 atom stereocenters. The summed E-state index contributed by atoms with van der Waals surface area (Å²) in [6.07, 6.45) is 4.74. The zero-order valence-electron chi connectivity index (χ0n) is 16.8. The van der Waals surface area contributed by atoms with Gasteiger partial charge < -0.3 is 25.4 Å². The highest BCUT2D eigenvalue weighted by Crippen LogP contribution is 2.38. The van der Waals surface area contributed by atoms with Crippen molar-refractivity contribution in [3.63, 3.8) is 0 Å². The molecule has 160 valence electrons. The predicted octanol–water partition coefficient (Wildman–Crippen LogP) is 3.57. The fourth-order valence-electron chi connectivity index (χ4n) is 3.50. The SMILES string of the molecule is COc1cc(OC)c(F)c(CN2Cc3cnc(N)c(-c4ccncc4)c3NC2=O)c1F. The number of rotatable bonds is 5. The number of urea groups is 1. The number of methoxy groups -OCH3 is 2. The molecule has 3 aromatic rings. The van der Waals surface area contributed by atoms with Gasteiger partial charge in [-0.3, -0.25) is 4.98 Å². The van der Waals surface area contributed by atoms with Crippen LogP contribution in [0.25, 0.3) is 11.1 Å². The van der Waals surface area contributed by atoms with Crippen molar-refractivity contribution in [2.24, 2.45) is 0 Å². The monoisotopic (exact) mass is 427 g/mol. The van der Waals surface area contributed by atoms with Crippen LogP contribution in [0, 0.1) is 11.6 Å². The molecule has 8 nitrogen and oxygen atoms in total. The van der Waals surface area contributed by atoms with Crippen molar-refractivity contribution >= 4 is 17.5 Å². The topological polar surface area (TPSA) is 103 Å². The normalized spacial score (nSPS) is 12.9. The molecule has 0 saturated carbocycles. The first-order valence-electron chi connectivity index (χ1n) is 9.27. The second-order valence-corrected chi connectivity index (χ2v) is 6.83. The number of anilines is 2. The van der Waals surface area contributed by atoms with E-state index in [9.17, 15) is 13.6 Å². The van der Waals surface area contributed by atoms with E-state index in [0.29, 0.717) is 16.8 Å². The molecule has 2 amide bonds. The molecule has 3 heterocycles. The van der Waals surface area contributed by atoms with Gasteiger partial charge in [-0.15, -0.1) is 0 Å². The average Bonchev–Trinajstić information content (AvgIpc) is 2.78. The summed E-state index contributed by atoms with van der Waals surface area (Å²) >= 11 is 0. The standard InChI is InChI=1S/C21H19F2N5O3/c1-30-14-7-15(31-2)18(23)13(17(14)22)10-28-9-12-8-26-20(24)16(19(12)27-21(28)29)11-3-5-25-6-4-11/h3-8H,9-10H2,1-2H3,(H2,24,26)(H,27,29). The van der Waals surface area contributed by atoms with Crippen LogP contribution < -0.4 is 20.5 Å². The summed E-state index contributed by atoms with van der Waals surface area (Å²) in [5.41, 5.74) is 8.17. The Labute approximate surface area is 176 Å². The van der Waals surface area contributed by atoms with E-state index in [1.165, 1.54) is 25.3 Å². The number of hydrogen-bond donors (Lipinski definition) is 2. The van der Waals surface area contributed by atoms with Gasteiger partial charge in [0.15, 0.2) is 23.1 Å². The van der Waals surface area contributed by atoms with Gasteiger partial charge in [0.25, 0.3) is 0 Å². The summed E-state index contributed by atoms with van der Waals surface area (Å²) in [5, 5.41) is 2.77. The van der Waals surface area contributed by atoms with Crippen molar-refractivity contribution in [1.29, 1.82) is 0 Å². The zero-order chi connectivity index (χ0) is 22.1. The van der Waals surface area contributed by atoms with E-state index in [1.54, 1.807) is 24.5 Å². The van der Waals surface area contributed by atoms with E-state index in [2.05, 4.69) is 15.3 Å². The summed E-state index contributed by atoms with van der Waals surface area (Å²) in [6, 6.07) is 4.08. The molecule has 1 aliphatic rings. The predicted molar refractivity (Wildman–Crippen MR) is 110 cm³/mol. The van der Waals surface area contributed by atoms with Gasteiger partial charge in [-0.1, -0.05) is 0 Å². The Kier molecular flexibility index (Phi) is 5.28. The second kappa shape index (κ2) is 8.05. The fourth-order valence-corrected chi connectivity index (χ4v) is 3.50. The first kappa shape index (κ1) is 20.3. The molecule has 0 fully saturated rings. The number of aromatic nitrogens is 2. The van der Waals surface area contributed by atoms with Crippen LogP contribution in [0.3, 0.4) is 0 Å². The number of benzene rings is 1. The fraction of sp³-hybridized carbons (Fsp3) is 0.190. The van der Waals surface area contributed by atoms with Gasteiger partial charge in [0, 0.05) is 35.8 Å². The summed E-state index contributed by atoms with van der Waals surface area (Å²) in [5.74, 6) is -1.91. The summed E-state index contributed by atoms with van der Waals surface area (Å²) in [6.45, 7) is -0.267. The highest BCUT2D eigenvalue weighted by atomic mass is 19.1. The number of nitrogen functional groups attached to an aromatic ring is 1. The van der Waals surface area contributed by atoms with E-state index in [-0.39, 0.29) is 36.0 Å². The Morgan fingerprint density at radius 3 is 2.42 bits per heavy atom. The van der Waals surface area contributed by atoms with Crippen LogP contribution >= 0.6 is 0 Å². The summed E-state index contributed by atoms with van der Waals surface area (Å²) < 4.78 is 39.4.